The second-order valence-electron chi connectivity index (χ2n) is 5.11. The fraction of sp³-hybridized carbons (Fsp3) is 0.538. The summed E-state index contributed by atoms with van der Waals surface area (Å²) in [6.45, 7) is 3.08. The van der Waals surface area contributed by atoms with E-state index in [9.17, 15) is 9.90 Å². The quantitative estimate of drug-likeness (QED) is 0.779. The highest BCUT2D eigenvalue weighted by Gasteiger charge is 2.27. The van der Waals surface area contributed by atoms with Gasteiger partial charge in [0.25, 0.3) is 5.91 Å². The molecule has 0 aromatic carbocycles. The second-order valence-corrected chi connectivity index (χ2v) is 5.11. The van der Waals surface area contributed by atoms with Crippen molar-refractivity contribution in [1.29, 1.82) is 0 Å². The zero-order chi connectivity index (χ0) is 13.2. The fourth-order valence-corrected chi connectivity index (χ4v) is 2.18. The SMILES string of the molecule is CC1(O)CCCN(C(=O)c2ccc(N)nc2)CC1. The Morgan fingerprint density at radius 2 is 2.22 bits per heavy atom. The summed E-state index contributed by atoms with van der Waals surface area (Å²) < 4.78 is 0. The molecule has 3 N–H and O–H groups in total. The maximum atomic E-state index is 12.2. The number of hydrogen-bond acceptors (Lipinski definition) is 4. The van der Waals surface area contributed by atoms with E-state index in [-0.39, 0.29) is 5.91 Å². The first kappa shape index (κ1) is 12.8. The van der Waals surface area contributed by atoms with Crippen LogP contribution in [0.15, 0.2) is 18.3 Å². The molecule has 5 heteroatoms. The third-order valence-electron chi connectivity index (χ3n) is 3.38. The summed E-state index contributed by atoms with van der Waals surface area (Å²) in [5.74, 6) is 0.366. The Hall–Kier alpha value is -1.62. The summed E-state index contributed by atoms with van der Waals surface area (Å²) >= 11 is 0. The van der Waals surface area contributed by atoms with Gasteiger partial charge in [-0.3, -0.25) is 4.79 Å². The second kappa shape index (κ2) is 4.94. The van der Waals surface area contributed by atoms with Gasteiger partial charge in [-0.2, -0.15) is 0 Å². The van der Waals surface area contributed by atoms with E-state index in [0.29, 0.717) is 30.9 Å². The number of amides is 1. The summed E-state index contributed by atoms with van der Waals surface area (Å²) in [5.41, 5.74) is 5.39. The van der Waals surface area contributed by atoms with Crippen molar-refractivity contribution in [3.8, 4) is 0 Å². The Labute approximate surface area is 107 Å². The van der Waals surface area contributed by atoms with Crippen LogP contribution in [-0.4, -0.2) is 39.6 Å². The Kier molecular flexibility index (Phi) is 3.52. The molecule has 1 aliphatic rings. The highest BCUT2D eigenvalue weighted by Crippen LogP contribution is 2.22. The molecule has 2 rings (SSSR count). The van der Waals surface area contributed by atoms with E-state index in [1.807, 2.05) is 6.92 Å². The van der Waals surface area contributed by atoms with Crippen LogP contribution in [0.25, 0.3) is 0 Å². The van der Waals surface area contributed by atoms with Crippen LogP contribution in [0.1, 0.15) is 36.5 Å². The van der Waals surface area contributed by atoms with E-state index < -0.39 is 5.60 Å². The molecular weight excluding hydrogens is 230 g/mol. The maximum absolute atomic E-state index is 12.2. The van der Waals surface area contributed by atoms with Crippen molar-refractivity contribution in [2.45, 2.75) is 31.8 Å². The Balaban J connectivity index is 2.07. The number of aliphatic hydroxyl groups is 1. The maximum Gasteiger partial charge on any atom is 0.255 e. The summed E-state index contributed by atoms with van der Waals surface area (Å²) in [4.78, 5) is 17.9. The standard InChI is InChI=1S/C13H19N3O2/c1-13(18)5-2-7-16(8-6-13)12(17)10-3-4-11(14)15-9-10/h3-4,9,18H,2,5-8H2,1H3,(H2,14,15). The molecule has 98 valence electrons. The summed E-state index contributed by atoms with van der Waals surface area (Å²) in [5, 5.41) is 9.99. The number of hydrogen-bond donors (Lipinski definition) is 2. The molecule has 1 amide bonds. The monoisotopic (exact) mass is 249 g/mol. The minimum absolute atomic E-state index is 0.0415. The van der Waals surface area contributed by atoms with Crippen LogP contribution in [0.3, 0.4) is 0 Å². The third kappa shape index (κ3) is 2.98. The van der Waals surface area contributed by atoms with Gasteiger partial charge < -0.3 is 15.7 Å². The lowest BCUT2D eigenvalue weighted by molar-refractivity contribution is 0.0438. The number of nitrogen functional groups attached to an aromatic ring is 1. The van der Waals surface area contributed by atoms with E-state index in [2.05, 4.69) is 4.98 Å². The number of nitrogens with zero attached hydrogens (tertiary/aromatic N) is 2. The number of likely N-dealkylation sites (tertiary alicyclic amines) is 1. The van der Waals surface area contributed by atoms with Crippen molar-refractivity contribution in [2.75, 3.05) is 18.8 Å². The van der Waals surface area contributed by atoms with Crippen molar-refractivity contribution < 1.29 is 9.90 Å². The van der Waals surface area contributed by atoms with Crippen LogP contribution < -0.4 is 5.73 Å². The summed E-state index contributed by atoms with van der Waals surface area (Å²) in [7, 11) is 0. The van der Waals surface area contributed by atoms with Gasteiger partial charge in [0.2, 0.25) is 0 Å². The first-order valence-corrected chi connectivity index (χ1v) is 6.21. The Bertz CT molecular complexity index is 428. The van der Waals surface area contributed by atoms with Crippen molar-refractivity contribution in [3.63, 3.8) is 0 Å². The number of rotatable bonds is 1. The average molecular weight is 249 g/mol. The van der Waals surface area contributed by atoms with Crippen molar-refractivity contribution in [2.24, 2.45) is 0 Å². The molecule has 0 radical (unpaired) electrons. The van der Waals surface area contributed by atoms with Crippen LogP contribution >= 0.6 is 0 Å². The molecule has 0 aliphatic carbocycles. The van der Waals surface area contributed by atoms with Crippen LogP contribution in [-0.2, 0) is 0 Å². The molecule has 1 aromatic heterocycles. The molecular formula is C13H19N3O2. The highest BCUT2D eigenvalue weighted by molar-refractivity contribution is 5.94. The number of carbonyl (C=O) groups excluding carboxylic acids is 1. The highest BCUT2D eigenvalue weighted by atomic mass is 16.3. The lowest BCUT2D eigenvalue weighted by atomic mass is 9.98. The topological polar surface area (TPSA) is 79.5 Å². The predicted molar refractivity (Wildman–Crippen MR) is 69.0 cm³/mol. The summed E-state index contributed by atoms with van der Waals surface area (Å²) in [6, 6.07) is 3.31. The molecule has 5 nitrogen and oxygen atoms in total. The number of nitrogens with two attached hydrogens (primary N) is 1. The lowest BCUT2D eigenvalue weighted by Gasteiger charge is -2.22. The molecule has 1 atom stereocenters. The third-order valence-corrected chi connectivity index (χ3v) is 3.38. The Morgan fingerprint density at radius 1 is 1.44 bits per heavy atom. The fourth-order valence-electron chi connectivity index (χ4n) is 2.18. The number of aromatic nitrogens is 1. The molecule has 0 spiro atoms. The van der Waals surface area contributed by atoms with E-state index in [1.54, 1.807) is 17.0 Å². The molecule has 18 heavy (non-hydrogen) atoms. The van der Waals surface area contributed by atoms with Gasteiger partial charge in [-0.1, -0.05) is 0 Å². The van der Waals surface area contributed by atoms with Crippen LogP contribution in [0.2, 0.25) is 0 Å². The van der Waals surface area contributed by atoms with Gasteiger partial charge in [0.05, 0.1) is 11.2 Å². The van der Waals surface area contributed by atoms with E-state index in [4.69, 9.17) is 5.73 Å². The van der Waals surface area contributed by atoms with Gasteiger partial charge in [0, 0.05) is 19.3 Å². The predicted octanol–water partition coefficient (Wildman–Crippen LogP) is 1.04. The molecule has 1 fully saturated rings. The lowest BCUT2D eigenvalue weighted by Crippen LogP contribution is -2.33. The molecule has 1 unspecified atom stereocenters. The van der Waals surface area contributed by atoms with Gasteiger partial charge in [-0.15, -0.1) is 0 Å². The van der Waals surface area contributed by atoms with E-state index in [1.165, 1.54) is 6.20 Å². The van der Waals surface area contributed by atoms with Crippen LogP contribution in [0, 0.1) is 0 Å². The normalized spacial score (nSPS) is 24.7. The van der Waals surface area contributed by atoms with Gasteiger partial charge in [-0.05, 0) is 38.3 Å². The number of carbonyl (C=O) groups is 1. The van der Waals surface area contributed by atoms with Gasteiger partial charge >= 0.3 is 0 Å². The molecule has 0 saturated carbocycles. The Morgan fingerprint density at radius 3 is 2.89 bits per heavy atom. The first-order chi connectivity index (χ1) is 8.48. The zero-order valence-electron chi connectivity index (χ0n) is 10.6. The molecule has 0 bridgehead atoms. The van der Waals surface area contributed by atoms with E-state index >= 15 is 0 Å². The van der Waals surface area contributed by atoms with Gasteiger partial charge in [-0.25, -0.2) is 4.98 Å². The molecule has 1 aromatic rings. The number of pyridine rings is 1. The smallest absolute Gasteiger partial charge is 0.255 e. The van der Waals surface area contributed by atoms with Crippen molar-refractivity contribution in [3.05, 3.63) is 23.9 Å². The first-order valence-electron chi connectivity index (χ1n) is 6.21. The van der Waals surface area contributed by atoms with Gasteiger partial charge in [0.1, 0.15) is 5.82 Å². The number of anilines is 1. The van der Waals surface area contributed by atoms with Crippen LogP contribution in [0.4, 0.5) is 5.82 Å². The summed E-state index contributed by atoms with van der Waals surface area (Å²) in [6.07, 6.45) is 3.67. The minimum atomic E-state index is -0.658. The van der Waals surface area contributed by atoms with E-state index in [0.717, 1.165) is 12.8 Å². The van der Waals surface area contributed by atoms with Gasteiger partial charge in [0.15, 0.2) is 0 Å². The van der Waals surface area contributed by atoms with Crippen molar-refractivity contribution in [1.82, 2.24) is 9.88 Å². The minimum Gasteiger partial charge on any atom is -0.390 e. The zero-order valence-corrected chi connectivity index (χ0v) is 10.6. The largest absolute Gasteiger partial charge is 0.390 e. The molecule has 1 aliphatic heterocycles. The van der Waals surface area contributed by atoms with Crippen molar-refractivity contribution >= 4 is 11.7 Å². The van der Waals surface area contributed by atoms with Crippen LogP contribution in [0.5, 0.6) is 0 Å². The molecule has 1 saturated heterocycles. The average Bonchev–Trinajstić information content (AvgIpc) is 2.50. The molecule has 2 heterocycles.